The molecule has 17 nitrogen and oxygen atoms in total. The van der Waals surface area contributed by atoms with Crippen LogP contribution >= 0.6 is 0 Å². The molecule has 4 aromatic rings. The molecule has 0 aliphatic rings. The fourth-order valence-electron chi connectivity index (χ4n) is 3.73. The lowest BCUT2D eigenvalue weighted by Crippen LogP contribution is -2.20. The van der Waals surface area contributed by atoms with Crippen molar-refractivity contribution in [3.63, 3.8) is 0 Å². The van der Waals surface area contributed by atoms with E-state index >= 15 is 0 Å². The van der Waals surface area contributed by atoms with Gasteiger partial charge in [-0.15, -0.1) is 0 Å². The Hall–Kier alpha value is -7.11. The molecular formula is C32H29FN4O13. The van der Waals surface area contributed by atoms with Crippen LogP contribution in [-0.2, 0) is 20.8 Å². The van der Waals surface area contributed by atoms with Gasteiger partial charge >= 0.3 is 29.6 Å². The highest BCUT2D eigenvalue weighted by Gasteiger charge is 2.14. The van der Waals surface area contributed by atoms with E-state index < -0.39 is 40.3 Å². The van der Waals surface area contributed by atoms with Gasteiger partial charge in [0.25, 0.3) is 5.69 Å². The molecule has 6 N–H and O–H groups in total. The summed E-state index contributed by atoms with van der Waals surface area (Å²) in [6.45, 7) is 2.26. The molecule has 3 aromatic carbocycles. The number of non-ortho nitro benzene ring substituents is 1. The number of halogens is 1. The topological polar surface area (TPSA) is 265 Å². The van der Waals surface area contributed by atoms with E-state index in [1.807, 2.05) is 0 Å². The normalized spacial score (nSPS) is 10.1. The number of carboxylic acid groups (broad SMARTS) is 3. The number of aliphatic carboxylic acids is 2. The average Bonchev–Trinajstić information content (AvgIpc) is 3.05. The van der Waals surface area contributed by atoms with Crippen LogP contribution in [0.15, 0.2) is 88.1 Å². The van der Waals surface area contributed by atoms with Crippen molar-refractivity contribution in [2.75, 3.05) is 24.3 Å². The molecule has 0 radical (unpaired) electrons. The molecule has 0 aliphatic heterocycles. The third-order valence-electron chi connectivity index (χ3n) is 5.91. The maximum Gasteiger partial charge on any atom is 0.336 e. The van der Waals surface area contributed by atoms with Crippen molar-refractivity contribution >= 4 is 57.9 Å². The van der Waals surface area contributed by atoms with Crippen LogP contribution in [0.4, 0.5) is 26.2 Å². The lowest BCUT2D eigenvalue weighted by Gasteiger charge is -2.08. The molecular weight excluding hydrogens is 667 g/mol. The molecule has 4 rings (SSSR count). The number of aromatic carboxylic acids is 1. The molecule has 0 spiro atoms. The summed E-state index contributed by atoms with van der Waals surface area (Å²) in [6.07, 6.45) is 1.56. The van der Waals surface area contributed by atoms with Gasteiger partial charge in [0, 0.05) is 54.0 Å². The Balaban J connectivity index is 0.000000282. The molecule has 0 aliphatic carbocycles. The molecule has 50 heavy (non-hydrogen) atoms. The van der Waals surface area contributed by atoms with E-state index in [9.17, 15) is 43.3 Å². The molecule has 0 bridgehead atoms. The van der Waals surface area contributed by atoms with Gasteiger partial charge in [-0.2, -0.15) is 0 Å². The smallest absolute Gasteiger partial charge is 0.336 e. The van der Waals surface area contributed by atoms with Crippen molar-refractivity contribution in [3.05, 3.63) is 116 Å². The molecule has 0 unspecified atom stereocenters. The second kappa shape index (κ2) is 18.9. The standard InChI is InChI=1S/C14H10FN3O5.C12H10O5.C6H9NO3/c15-11-6-5-10(18(22)23)7-12(11)17-14(21)16-9-3-1-8(2-4-9)13(19)20;1-16-8-2-3-9-7(4-11(13)14)5-12(15)17-10(9)6-8;1-2-7-5(8)3-4-6(9)10/h1-7H,(H,19,20)(H2,16,17,21);2-3,5-6H,4H2,1H3,(H,13,14);3-4H,2H2,1H3,(H,7,8)(H,9,10)/b;;4-3-. The molecule has 1 heterocycles. The van der Waals surface area contributed by atoms with E-state index in [-0.39, 0.29) is 35.0 Å². The van der Waals surface area contributed by atoms with Crippen molar-refractivity contribution in [1.82, 2.24) is 5.32 Å². The summed E-state index contributed by atoms with van der Waals surface area (Å²) in [4.78, 5) is 74.7. The monoisotopic (exact) mass is 696 g/mol. The number of anilines is 2. The minimum Gasteiger partial charge on any atom is -0.497 e. The SMILES string of the molecule is CCNC(=O)/C=C\C(=O)O.COc1ccc2c(CC(=O)O)cc(=O)oc2c1.O=C(Nc1ccc(C(=O)O)cc1)Nc1cc([N+](=O)[O-])ccc1F. The number of nitrogens with zero attached hydrogens (tertiary/aromatic N) is 1. The maximum atomic E-state index is 13.5. The second-order valence-electron chi connectivity index (χ2n) is 9.47. The first-order chi connectivity index (χ1) is 23.6. The number of hydrogen-bond acceptors (Lipinski definition) is 10. The Bertz CT molecular complexity index is 1980. The number of nitro benzene ring substituents is 1. The first kappa shape index (κ1) is 39.1. The summed E-state index contributed by atoms with van der Waals surface area (Å²) in [5.74, 6) is -3.89. The van der Waals surface area contributed by atoms with E-state index in [2.05, 4.69) is 16.0 Å². The predicted molar refractivity (Wildman–Crippen MR) is 175 cm³/mol. The predicted octanol–water partition coefficient (Wildman–Crippen LogP) is 4.27. The molecule has 18 heteroatoms. The highest BCUT2D eigenvalue weighted by Crippen LogP contribution is 2.23. The minimum atomic E-state index is -1.12. The second-order valence-corrected chi connectivity index (χ2v) is 9.47. The fraction of sp³-hybridized carbons (Fsp3) is 0.125. The fourth-order valence-corrected chi connectivity index (χ4v) is 3.73. The van der Waals surface area contributed by atoms with Gasteiger partial charge in [0.1, 0.15) is 17.1 Å². The number of hydrogen-bond donors (Lipinski definition) is 6. The number of benzene rings is 3. The molecule has 262 valence electrons. The number of carbonyl (C=O) groups excluding carboxylic acids is 2. The van der Waals surface area contributed by atoms with Crippen LogP contribution in [0, 0.1) is 15.9 Å². The van der Waals surface area contributed by atoms with Gasteiger partial charge in [-0.1, -0.05) is 0 Å². The number of methoxy groups -OCH3 is 1. The van der Waals surface area contributed by atoms with Crippen LogP contribution in [0.1, 0.15) is 22.8 Å². The van der Waals surface area contributed by atoms with Crippen LogP contribution in [0.25, 0.3) is 11.0 Å². The molecule has 0 saturated carbocycles. The lowest BCUT2D eigenvalue weighted by atomic mass is 10.1. The van der Waals surface area contributed by atoms with Crippen LogP contribution < -0.4 is 26.3 Å². The highest BCUT2D eigenvalue weighted by molar-refractivity contribution is 6.00. The largest absolute Gasteiger partial charge is 0.497 e. The summed E-state index contributed by atoms with van der Waals surface area (Å²) in [6, 6.07) is 13.3. The zero-order valence-electron chi connectivity index (χ0n) is 26.2. The quantitative estimate of drug-likeness (QED) is 0.0586. The number of likely N-dealkylation sites (N-methyl/N-ethyl adjacent to an activating group) is 1. The zero-order chi connectivity index (χ0) is 37.4. The number of nitro groups is 1. The number of fused-ring (bicyclic) bond motifs is 1. The van der Waals surface area contributed by atoms with E-state index in [0.29, 0.717) is 28.8 Å². The third kappa shape index (κ3) is 12.9. The van der Waals surface area contributed by atoms with Crippen molar-refractivity contribution in [3.8, 4) is 5.75 Å². The molecule has 3 amide bonds. The third-order valence-corrected chi connectivity index (χ3v) is 5.91. The van der Waals surface area contributed by atoms with E-state index in [1.165, 1.54) is 37.4 Å². The Kier molecular flexibility index (Phi) is 14.8. The summed E-state index contributed by atoms with van der Waals surface area (Å²) in [7, 11) is 1.50. The minimum absolute atomic E-state index is 0.0423. The van der Waals surface area contributed by atoms with Crippen molar-refractivity contribution in [2.24, 2.45) is 0 Å². The zero-order valence-corrected chi connectivity index (χ0v) is 26.2. The summed E-state index contributed by atoms with van der Waals surface area (Å²) >= 11 is 0. The Labute approximate surface area is 280 Å². The molecule has 1 aromatic heterocycles. The van der Waals surface area contributed by atoms with Gasteiger partial charge in [0.05, 0.1) is 29.7 Å². The summed E-state index contributed by atoms with van der Waals surface area (Å²) < 4.78 is 23.5. The van der Waals surface area contributed by atoms with Crippen LogP contribution in [0.5, 0.6) is 5.75 Å². The lowest BCUT2D eigenvalue weighted by molar-refractivity contribution is -0.384. The number of nitrogens with one attached hydrogen (secondary N) is 3. The Morgan fingerprint density at radius 2 is 1.62 bits per heavy atom. The first-order valence-electron chi connectivity index (χ1n) is 14.0. The Morgan fingerprint density at radius 1 is 0.940 bits per heavy atom. The number of amides is 3. The number of rotatable bonds is 10. The van der Waals surface area contributed by atoms with E-state index in [4.69, 9.17) is 24.5 Å². The molecule has 0 atom stereocenters. The van der Waals surface area contributed by atoms with Gasteiger partial charge in [-0.3, -0.25) is 19.7 Å². The van der Waals surface area contributed by atoms with Gasteiger partial charge in [-0.05, 0) is 55.0 Å². The van der Waals surface area contributed by atoms with Gasteiger partial charge in [-0.25, -0.2) is 23.6 Å². The molecule has 0 fully saturated rings. The van der Waals surface area contributed by atoms with Crippen molar-refractivity contribution in [1.29, 1.82) is 0 Å². The maximum absolute atomic E-state index is 13.5. The van der Waals surface area contributed by atoms with Crippen molar-refractivity contribution in [2.45, 2.75) is 13.3 Å². The van der Waals surface area contributed by atoms with Crippen molar-refractivity contribution < 1.29 is 57.8 Å². The number of urea groups is 1. The average molecular weight is 697 g/mol. The van der Waals surface area contributed by atoms with E-state index in [0.717, 1.165) is 30.4 Å². The van der Waals surface area contributed by atoms with Gasteiger partial charge in [0.2, 0.25) is 5.91 Å². The van der Waals surface area contributed by atoms with Crippen LogP contribution in [0.3, 0.4) is 0 Å². The number of carboxylic acids is 3. The van der Waals surface area contributed by atoms with Crippen LogP contribution in [0.2, 0.25) is 0 Å². The highest BCUT2D eigenvalue weighted by atomic mass is 19.1. The van der Waals surface area contributed by atoms with Crippen LogP contribution in [-0.4, -0.2) is 63.7 Å². The van der Waals surface area contributed by atoms with Gasteiger partial charge in [0.15, 0.2) is 0 Å². The summed E-state index contributed by atoms with van der Waals surface area (Å²) in [5, 5.41) is 43.7. The molecule has 0 saturated heterocycles. The number of ether oxygens (including phenoxy) is 1. The van der Waals surface area contributed by atoms with E-state index in [1.54, 1.807) is 25.1 Å². The summed E-state index contributed by atoms with van der Waals surface area (Å²) in [5.41, 5.74) is -0.202. The van der Waals surface area contributed by atoms with Gasteiger partial charge < -0.3 is 40.4 Å². The Morgan fingerprint density at radius 3 is 2.18 bits per heavy atom. The first-order valence-corrected chi connectivity index (χ1v) is 14.0. The number of carbonyl (C=O) groups is 5.